The standard InChI is InChI=1S/C21H29NO2S/c1-5-6-7-18-8-14-21(15-9-18)25(23,24)22-17(4)20-12-10-19(11-13-20)16(2)3/h8-17,22H,5-7H2,1-4H3. The zero-order valence-electron chi connectivity index (χ0n) is 15.6. The Hall–Kier alpha value is -1.65. The van der Waals surface area contributed by atoms with Crippen LogP contribution in [-0.4, -0.2) is 8.42 Å². The molecule has 0 radical (unpaired) electrons. The van der Waals surface area contributed by atoms with Crippen molar-refractivity contribution in [2.45, 2.75) is 63.8 Å². The molecule has 1 unspecified atom stereocenters. The van der Waals surface area contributed by atoms with E-state index in [1.54, 1.807) is 12.1 Å². The van der Waals surface area contributed by atoms with E-state index in [-0.39, 0.29) is 6.04 Å². The summed E-state index contributed by atoms with van der Waals surface area (Å²) in [6, 6.07) is 15.1. The topological polar surface area (TPSA) is 46.2 Å². The number of rotatable bonds is 8. The van der Waals surface area contributed by atoms with E-state index >= 15 is 0 Å². The third-order valence-electron chi connectivity index (χ3n) is 4.49. The normalized spacial score (nSPS) is 13.2. The highest BCUT2D eigenvalue weighted by Crippen LogP contribution is 2.21. The molecule has 2 aromatic carbocycles. The molecule has 1 N–H and O–H groups in total. The fourth-order valence-corrected chi connectivity index (χ4v) is 3.99. The Balaban J connectivity index is 2.09. The molecule has 0 spiro atoms. The van der Waals surface area contributed by atoms with Gasteiger partial charge in [0.25, 0.3) is 0 Å². The lowest BCUT2D eigenvalue weighted by atomic mass is 10.00. The minimum atomic E-state index is -3.52. The van der Waals surface area contributed by atoms with Gasteiger partial charge in [0.15, 0.2) is 0 Å². The van der Waals surface area contributed by atoms with Crippen LogP contribution in [0.25, 0.3) is 0 Å². The highest BCUT2D eigenvalue weighted by atomic mass is 32.2. The van der Waals surface area contributed by atoms with Crippen LogP contribution >= 0.6 is 0 Å². The predicted octanol–water partition coefficient (Wildman–Crippen LogP) is 5.19. The number of sulfonamides is 1. The SMILES string of the molecule is CCCCc1ccc(S(=O)(=O)NC(C)c2ccc(C(C)C)cc2)cc1. The van der Waals surface area contributed by atoms with Crippen molar-refractivity contribution >= 4 is 10.0 Å². The van der Waals surface area contributed by atoms with Crippen LogP contribution in [-0.2, 0) is 16.4 Å². The van der Waals surface area contributed by atoms with Gasteiger partial charge in [0.1, 0.15) is 0 Å². The molecule has 0 saturated carbocycles. The molecule has 0 aromatic heterocycles. The summed E-state index contributed by atoms with van der Waals surface area (Å²) in [6.45, 7) is 8.31. The fraction of sp³-hybridized carbons (Fsp3) is 0.429. The van der Waals surface area contributed by atoms with Gasteiger partial charge in [0, 0.05) is 6.04 Å². The number of aryl methyl sites for hydroxylation is 1. The van der Waals surface area contributed by atoms with Crippen LogP contribution in [0.4, 0.5) is 0 Å². The number of hydrogen-bond acceptors (Lipinski definition) is 2. The number of nitrogens with one attached hydrogen (secondary N) is 1. The van der Waals surface area contributed by atoms with Gasteiger partial charge in [-0.1, -0.05) is 63.6 Å². The molecule has 3 nitrogen and oxygen atoms in total. The van der Waals surface area contributed by atoms with Crippen LogP contribution in [0, 0.1) is 0 Å². The van der Waals surface area contributed by atoms with Crippen LogP contribution in [0.3, 0.4) is 0 Å². The molecule has 2 rings (SSSR count). The number of hydrogen-bond donors (Lipinski definition) is 1. The second-order valence-corrected chi connectivity index (χ2v) is 8.63. The van der Waals surface area contributed by atoms with Crippen molar-refractivity contribution in [3.8, 4) is 0 Å². The first kappa shape index (κ1) is 19.7. The average Bonchev–Trinajstić information content (AvgIpc) is 2.60. The van der Waals surface area contributed by atoms with Crippen LogP contribution in [0.15, 0.2) is 53.4 Å². The predicted molar refractivity (Wildman–Crippen MR) is 104 cm³/mol. The third-order valence-corrected chi connectivity index (χ3v) is 6.04. The van der Waals surface area contributed by atoms with Gasteiger partial charge in [-0.3, -0.25) is 0 Å². The van der Waals surface area contributed by atoms with Gasteiger partial charge in [-0.15, -0.1) is 0 Å². The van der Waals surface area contributed by atoms with Gasteiger partial charge in [0.05, 0.1) is 4.90 Å². The molecule has 0 fully saturated rings. The zero-order valence-corrected chi connectivity index (χ0v) is 16.4. The van der Waals surface area contributed by atoms with E-state index in [9.17, 15) is 8.42 Å². The van der Waals surface area contributed by atoms with E-state index in [1.807, 2.05) is 31.2 Å². The maximum Gasteiger partial charge on any atom is 0.241 e. The summed E-state index contributed by atoms with van der Waals surface area (Å²) in [5, 5.41) is 0. The lowest BCUT2D eigenvalue weighted by molar-refractivity contribution is 0.567. The van der Waals surface area contributed by atoms with Gasteiger partial charge in [0.2, 0.25) is 10.0 Å². The van der Waals surface area contributed by atoms with Crippen LogP contribution in [0.5, 0.6) is 0 Å². The van der Waals surface area contributed by atoms with E-state index in [2.05, 4.69) is 37.6 Å². The highest BCUT2D eigenvalue weighted by Gasteiger charge is 2.18. The summed E-state index contributed by atoms with van der Waals surface area (Å²) < 4.78 is 28.0. The Morgan fingerprint density at radius 2 is 1.44 bits per heavy atom. The van der Waals surface area contributed by atoms with Crippen molar-refractivity contribution in [3.05, 3.63) is 65.2 Å². The highest BCUT2D eigenvalue weighted by molar-refractivity contribution is 7.89. The maximum atomic E-state index is 12.6. The summed E-state index contributed by atoms with van der Waals surface area (Å²) in [4.78, 5) is 0.318. The van der Waals surface area contributed by atoms with Crippen LogP contribution < -0.4 is 4.72 Å². The summed E-state index contributed by atoms with van der Waals surface area (Å²) in [5.74, 6) is 0.465. The molecule has 0 aliphatic heterocycles. The first-order valence-corrected chi connectivity index (χ1v) is 10.5. The Labute approximate surface area is 152 Å². The van der Waals surface area contributed by atoms with Crippen molar-refractivity contribution in [2.24, 2.45) is 0 Å². The summed E-state index contributed by atoms with van der Waals surface area (Å²) in [5.41, 5.74) is 3.40. The lowest BCUT2D eigenvalue weighted by Crippen LogP contribution is -2.26. The van der Waals surface area contributed by atoms with Gasteiger partial charge < -0.3 is 0 Å². The second kappa shape index (κ2) is 8.63. The van der Waals surface area contributed by atoms with Gasteiger partial charge in [-0.05, 0) is 54.5 Å². The number of unbranched alkanes of at least 4 members (excludes halogenated alkanes) is 1. The van der Waals surface area contributed by atoms with Crippen LogP contribution in [0.2, 0.25) is 0 Å². The molecule has 0 bridgehead atoms. The van der Waals surface area contributed by atoms with E-state index in [1.165, 1.54) is 11.1 Å². The first-order chi connectivity index (χ1) is 11.8. The van der Waals surface area contributed by atoms with Crippen molar-refractivity contribution < 1.29 is 8.42 Å². The van der Waals surface area contributed by atoms with Gasteiger partial charge in [-0.2, -0.15) is 0 Å². The molecule has 0 aliphatic carbocycles. The monoisotopic (exact) mass is 359 g/mol. The zero-order chi connectivity index (χ0) is 18.4. The Morgan fingerprint density at radius 3 is 1.96 bits per heavy atom. The van der Waals surface area contributed by atoms with Crippen molar-refractivity contribution in [1.29, 1.82) is 0 Å². The molecule has 1 atom stereocenters. The molecule has 0 aliphatic rings. The van der Waals surface area contributed by atoms with E-state index in [4.69, 9.17) is 0 Å². The quantitative estimate of drug-likeness (QED) is 0.705. The Kier molecular flexibility index (Phi) is 6.79. The molecule has 4 heteroatoms. The molecular weight excluding hydrogens is 330 g/mol. The first-order valence-electron chi connectivity index (χ1n) is 9.04. The molecule has 25 heavy (non-hydrogen) atoms. The van der Waals surface area contributed by atoms with Crippen molar-refractivity contribution in [3.63, 3.8) is 0 Å². The molecule has 0 heterocycles. The molecule has 2 aromatic rings. The van der Waals surface area contributed by atoms with Crippen molar-refractivity contribution in [2.75, 3.05) is 0 Å². The lowest BCUT2D eigenvalue weighted by Gasteiger charge is -2.16. The fourth-order valence-electron chi connectivity index (χ4n) is 2.75. The molecule has 0 saturated heterocycles. The Morgan fingerprint density at radius 1 is 0.880 bits per heavy atom. The van der Waals surface area contributed by atoms with Crippen LogP contribution in [0.1, 0.15) is 69.2 Å². The minimum Gasteiger partial charge on any atom is -0.207 e. The third kappa shape index (κ3) is 5.41. The Bertz CT molecular complexity index is 763. The van der Waals surface area contributed by atoms with E-state index < -0.39 is 10.0 Å². The largest absolute Gasteiger partial charge is 0.241 e. The van der Waals surface area contributed by atoms with Gasteiger partial charge in [-0.25, -0.2) is 13.1 Å². The summed E-state index contributed by atoms with van der Waals surface area (Å²) >= 11 is 0. The van der Waals surface area contributed by atoms with Crippen molar-refractivity contribution in [1.82, 2.24) is 4.72 Å². The molecular formula is C21H29NO2S. The molecule has 0 amide bonds. The van der Waals surface area contributed by atoms with E-state index in [0.717, 1.165) is 24.8 Å². The van der Waals surface area contributed by atoms with E-state index in [0.29, 0.717) is 10.8 Å². The smallest absolute Gasteiger partial charge is 0.207 e. The number of benzene rings is 2. The summed E-state index contributed by atoms with van der Waals surface area (Å²) in [6.07, 6.45) is 3.24. The second-order valence-electron chi connectivity index (χ2n) is 6.91. The molecule has 136 valence electrons. The maximum absolute atomic E-state index is 12.6. The van der Waals surface area contributed by atoms with Gasteiger partial charge >= 0.3 is 0 Å². The minimum absolute atomic E-state index is 0.272. The average molecular weight is 360 g/mol. The summed E-state index contributed by atoms with van der Waals surface area (Å²) in [7, 11) is -3.52.